The van der Waals surface area contributed by atoms with Crippen LogP contribution in [-0.2, 0) is 4.79 Å². The van der Waals surface area contributed by atoms with Crippen molar-refractivity contribution in [3.8, 4) is 5.75 Å². The molecule has 1 aliphatic heterocycles. The topological polar surface area (TPSA) is 55.6 Å². The zero-order valence-electron chi connectivity index (χ0n) is 12.1. The molecule has 0 bridgehead atoms. The molecular formula is C15H22ClFN2O2. The van der Waals surface area contributed by atoms with Crippen molar-refractivity contribution >= 4 is 18.3 Å². The standard InChI is InChI=1S/C15H21FN2O2.ClH/c1-2-13(20-14-8-4-3-7-12(14)16)15(19)18-9-5-6-11(17)10-18;/h3-4,7-8,11,13H,2,5-6,9-10,17H2,1H3;1H. The van der Waals surface area contributed by atoms with Crippen molar-refractivity contribution in [2.75, 3.05) is 13.1 Å². The largest absolute Gasteiger partial charge is 0.478 e. The number of piperidine rings is 1. The predicted molar refractivity (Wildman–Crippen MR) is 82.1 cm³/mol. The second-order valence-corrected chi connectivity index (χ2v) is 5.13. The van der Waals surface area contributed by atoms with Crippen LogP contribution in [0.5, 0.6) is 5.75 Å². The Kier molecular flexibility index (Phi) is 6.92. The molecular weight excluding hydrogens is 295 g/mol. The molecule has 1 saturated heterocycles. The summed E-state index contributed by atoms with van der Waals surface area (Å²) < 4.78 is 19.1. The maximum atomic E-state index is 13.6. The molecule has 2 atom stereocenters. The zero-order valence-corrected chi connectivity index (χ0v) is 12.9. The first-order valence-corrected chi connectivity index (χ1v) is 7.07. The van der Waals surface area contributed by atoms with E-state index in [1.54, 1.807) is 17.0 Å². The molecule has 1 aromatic carbocycles. The summed E-state index contributed by atoms with van der Waals surface area (Å²) in [6.07, 6.45) is 1.69. The van der Waals surface area contributed by atoms with Gasteiger partial charge in [-0.25, -0.2) is 4.39 Å². The van der Waals surface area contributed by atoms with Gasteiger partial charge in [-0.3, -0.25) is 4.79 Å². The monoisotopic (exact) mass is 316 g/mol. The van der Waals surface area contributed by atoms with Gasteiger partial charge in [-0.15, -0.1) is 12.4 Å². The first-order chi connectivity index (χ1) is 9.61. The number of para-hydroxylation sites is 1. The van der Waals surface area contributed by atoms with Crippen LogP contribution in [-0.4, -0.2) is 36.0 Å². The van der Waals surface area contributed by atoms with E-state index in [1.165, 1.54) is 12.1 Å². The van der Waals surface area contributed by atoms with Gasteiger partial charge in [0.2, 0.25) is 0 Å². The Bertz CT molecular complexity index is 473. The molecule has 0 spiro atoms. The molecule has 1 fully saturated rings. The van der Waals surface area contributed by atoms with E-state index in [1.807, 2.05) is 6.92 Å². The normalized spacial score (nSPS) is 19.6. The van der Waals surface area contributed by atoms with Crippen LogP contribution in [0.3, 0.4) is 0 Å². The minimum Gasteiger partial charge on any atom is -0.478 e. The quantitative estimate of drug-likeness (QED) is 0.927. The number of amides is 1. The van der Waals surface area contributed by atoms with Gasteiger partial charge in [0.05, 0.1) is 0 Å². The summed E-state index contributed by atoms with van der Waals surface area (Å²) in [5.41, 5.74) is 5.89. The number of nitrogens with zero attached hydrogens (tertiary/aromatic N) is 1. The number of nitrogens with two attached hydrogens (primary N) is 1. The van der Waals surface area contributed by atoms with Crippen LogP contribution < -0.4 is 10.5 Å². The Hall–Kier alpha value is -1.33. The minimum absolute atomic E-state index is 0. The van der Waals surface area contributed by atoms with Gasteiger partial charge in [0.15, 0.2) is 17.7 Å². The number of carbonyl (C=O) groups excluding carboxylic acids is 1. The summed E-state index contributed by atoms with van der Waals surface area (Å²) in [5, 5.41) is 0. The van der Waals surface area contributed by atoms with Crippen LogP contribution in [0.1, 0.15) is 26.2 Å². The number of hydrogen-bond donors (Lipinski definition) is 1. The molecule has 6 heteroatoms. The van der Waals surface area contributed by atoms with E-state index in [0.717, 1.165) is 12.8 Å². The van der Waals surface area contributed by atoms with Gasteiger partial charge < -0.3 is 15.4 Å². The Labute approximate surface area is 130 Å². The minimum atomic E-state index is -0.655. The lowest BCUT2D eigenvalue weighted by Crippen LogP contribution is -2.50. The van der Waals surface area contributed by atoms with Crippen LogP contribution >= 0.6 is 12.4 Å². The van der Waals surface area contributed by atoms with Crippen molar-refractivity contribution in [3.05, 3.63) is 30.1 Å². The molecule has 0 aromatic heterocycles. The molecule has 0 radical (unpaired) electrons. The summed E-state index contributed by atoms with van der Waals surface area (Å²) in [5.74, 6) is -0.436. The number of rotatable bonds is 4. The Morgan fingerprint density at radius 1 is 1.52 bits per heavy atom. The molecule has 4 nitrogen and oxygen atoms in total. The lowest BCUT2D eigenvalue weighted by Gasteiger charge is -2.33. The molecule has 2 N–H and O–H groups in total. The van der Waals surface area contributed by atoms with Crippen molar-refractivity contribution in [1.82, 2.24) is 4.90 Å². The van der Waals surface area contributed by atoms with E-state index in [2.05, 4.69) is 0 Å². The van der Waals surface area contributed by atoms with Gasteiger partial charge >= 0.3 is 0 Å². The molecule has 2 rings (SSSR count). The Balaban J connectivity index is 0.00000220. The summed E-state index contributed by atoms with van der Waals surface area (Å²) in [4.78, 5) is 14.1. The maximum absolute atomic E-state index is 13.6. The number of halogens is 2. The molecule has 0 saturated carbocycles. The fourth-order valence-electron chi connectivity index (χ4n) is 2.42. The molecule has 1 aliphatic rings. The Morgan fingerprint density at radius 3 is 2.86 bits per heavy atom. The first kappa shape index (κ1) is 17.7. The molecule has 0 aliphatic carbocycles. The number of likely N-dealkylation sites (tertiary alicyclic amines) is 1. The van der Waals surface area contributed by atoms with Gasteiger partial charge in [-0.1, -0.05) is 19.1 Å². The second-order valence-electron chi connectivity index (χ2n) is 5.13. The van der Waals surface area contributed by atoms with Gasteiger partial charge in [0.25, 0.3) is 5.91 Å². The SMILES string of the molecule is CCC(Oc1ccccc1F)C(=O)N1CCCC(N)C1.Cl. The number of hydrogen-bond acceptors (Lipinski definition) is 3. The molecule has 2 unspecified atom stereocenters. The Morgan fingerprint density at radius 2 is 2.24 bits per heavy atom. The average molecular weight is 317 g/mol. The summed E-state index contributed by atoms with van der Waals surface area (Å²) in [7, 11) is 0. The van der Waals surface area contributed by atoms with Crippen molar-refractivity contribution < 1.29 is 13.9 Å². The third-order valence-electron chi connectivity index (χ3n) is 3.52. The fourth-order valence-corrected chi connectivity index (χ4v) is 2.42. The summed E-state index contributed by atoms with van der Waals surface area (Å²) in [6.45, 7) is 3.10. The lowest BCUT2D eigenvalue weighted by molar-refractivity contribution is -0.140. The van der Waals surface area contributed by atoms with E-state index in [0.29, 0.717) is 19.5 Å². The van der Waals surface area contributed by atoms with Crippen LogP contribution in [0.4, 0.5) is 4.39 Å². The van der Waals surface area contributed by atoms with E-state index in [-0.39, 0.29) is 30.1 Å². The fraction of sp³-hybridized carbons (Fsp3) is 0.533. The third-order valence-corrected chi connectivity index (χ3v) is 3.52. The highest BCUT2D eigenvalue weighted by Gasteiger charge is 2.28. The van der Waals surface area contributed by atoms with E-state index in [4.69, 9.17) is 10.5 Å². The molecule has 118 valence electrons. The summed E-state index contributed by atoms with van der Waals surface area (Å²) in [6, 6.07) is 6.16. The van der Waals surface area contributed by atoms with Crippen molar-refractivity contribution in [2.45, 2.75) is 38.3 Å². The van der Waals surface area contributed by atoms with Crippen molar-refractivity contribution in [2.24, 2.45) is 5.73 Å². The zero-order chi connectivity index (χ0) is 14.5. The highest BCUT2D eigenvalue weighted by atomic mass is 35.5. The van der Waals surface area contributed by atoms with E-state index < -0.39 is 11.9 Å². The van der Waals surface area contributed by atoms with Gasteiger partial charge in [0.1, 0.15) is 0 Å². The average Bonchev–Trinajstić information content (AvgIpc) is 2.46. The smallest absolute Gasteiger partial charge is 0.263 e. The molecule has 1 aromatic rings. The van der Waals surface area contributed by atoms with Gasteiger partial charge in [-0.2, -0.15) is 0 Å². The lowest BCUT2D eigenvalue weighted by atomic mass is 10.1. The second kappa shape index (κ2) is 8.20. The first-order valence-electron chi connectivity index (χ1n) is 7.07. The summed E-state index contributed by atoms with van der Waals surface area (Å²) >= 11 is 0. The highest BCUT2D eigenvalue weighted by molar-refractivity contribution is 5.85. The van der Waals surface area contributed by atoms with Crippen LogP contribution in [0.15, 0.2) is 24.3 Å². The molecule has 21 heavy (non-hydrogen) atoms. The third kappa shape index (κ3) is 4.58. The van der Waals surface area contributed by atoms with E-state index >= 15 is 0 Å². The van der Waals surface area contributed by atoms with Crippen LogP contribution in [0, 0.1) is 5.82 Å². The van der Waals surface area contributed by atoms with Crippen molar-refractivity contribution in [1.29, 1.82) is 0 Å². The maximum Gasteiger partial charge on any atom is 0.263 e. The van der Waals surface area contributed by atoms with Gasteiger partial charge in [0, 0.05) is 19.1 Å². The van der Waals surface area contributed by atoms with Crippen LogP contribution in [0.2, 0.25) is 0 Å². The van der Waals surface area contributed by atoms with Gasteiger partial charge in [-0.05, 0) is 31.4 Å². The predicted octanol–water partition coefficient (Wildman–Crippen LogP) is 2.35. The number of ether oxygens (including phenoxy) is 1. The van der Waals surface area contributed by atoms with E-state index in [9.17, 15) is 9.18 Å². The number of carbonyl (C=O) groups is 1. The van der Waals surface area contributed by atoms with Crippen molar-refractivity contribution in [3.63, 3.8) is 0 Å². The molecule has 1 heterocycles. The van der Waals surface area contributed by atoms with Crippen LogP contribution in [0.25, 0.3) is 0 Å². The highest BCUT2D eigenvalue weighted by Crippen LogP contribution is 2.20. The number of benzene rings is 1. The molecule has 1 amide bonds.